The molecule has 0 aromatic heterocycles. The molecule has 31 heavy (non-hydrogen) atoms. The van der Waals surface area contributed by atoms with Crippen molar-refractivity contribution in [3.05, 3.63) is 59.2 Å². The van der Waals surface area contributed by atoms with Gasteiger partial charge in [-0.3, -0.25) is 9.52 Å². The van der Waals surface area contributed by atoms with Gasteiger partial charge in [-0.1, -0.05) is 23.8 Å². The van der Waals surface area contributed by atoms with Gasteiger partial charge in [-0.25, -0.2) is 13.2 Å². The van der Waals surface area contributed by atoms with Crippen LogP contribution in [0.4, 0.5) is 18.9 Å². The minimum Gasteiger partial charge on any atom is -0.449 e. The zero-order valence-corrected chi connectivity index (χ0v) is 17.7. The second-order valence-corrected chi connectivity index (χ2v) is 8.48. The van der Waals surface area contributed by atoms with Gasteiger partial charge in [-0.2, -0.15) is 13.2 Å². The summed E-state index contributed by atoms with van der Waals surface area (Å²) in [4.78, 5) is 23.8. The average Bonchev–Trinajstić information content (AvgIpc) is 2.67. The SMILES string of the molecule is Cc1ccc(NS(=O)(=O)c2cc(C(=O)OC(C)C(=O)NCC(F)(F)F)ccc2C)cc1. The molecule has 2 rings (SSSR count). The number of nitrogens with one attached hydrogen (secondary N) is 2. The van der Waals surface area contributed by atoms with E-state index in [0.29, 0.717) is 11.3 Å². The Balaban J connectivity index is 2.16. The van der Waals surface area contributed by atoms with Gasteiger partial charge in [0.15, 0.2) is 6.10 Å². The number of halogens is 3. The van der Waals surface area contributed by atoms with E-state index >= 15 is 0 Å². The Morgan fingerprint density at radius 1 is 1.06 bits per heavy atom. The lowest BCUT2D eigenvalue weighted by Gasteiger charge is -2.15. The van der Waals surface area contributed by atoms with E-state index in [-0.39, 0.29) is 10.5 Å². The molecule has 168 valence electrons. The van der Waals surface area contributed by atoms with Crippen molar-refractivity contribution in [1.29, 1.82) is 0 Å². The fourth-order valence-electron chi connectivity index (χ4n) is 2.46. The van der Waals surface area contributed by atoms with E-state index in [9.17, 15) is 31.2 Å². The molecule has 0 bridgehead atoms. The third-order valence-electron chi connectivity index (χ3n) is 4.13. The van der Waals surface area contributed by atoms with Crippen LogP contribution in [-0.2, 0) is 19.6 Å². The van der Waals surface area contributed by atoms with Crippen molar-refractivity contribution in [1.82, 2.24) is 5.32 Å². The fourth-order valence-corrected chi connectivity index (χ4v) is 3.79. The molecule has 0 aliphatic heterocycles. The summed E-state index contributed by atoms with van der Waals surface area (Å²) < 4.78 is 69.4. The summed E-state index contributed by atoms with van der Waals surface area (Å²) in [6, 6.07) is 10.4. The number of anilines is 1. The topological polar surface area (TPSA) is 102 Å². The third kappa shape index (κ3) is 6.99. The minimum atomic E-state index is -4.61. The van der Waals surface area contributed by atoms with Gasteiger partial charge in [0, 0.05) is 5.69 Å². The lowest BCUT2D eigenvalue weighted by Crippen LogP contribution is -2.40. The summed E-state index contributed by atoms with van der Waals surface area (Å²) in [5.41, 5.74) is 1.45. The predicted molar refractivity (Wildman–Crippen MR) is 107 cm³/mol. The summed E-state index contributed by atoms with van der Waals surface area (Å²) in [5, 5.41) is 1.61. The van der Waals surface area contributed by atoms with E-state index in [1.807, 2.05) is 6.92 Å². The first-order chi connectivity index (χ1) is 14.3. The molecule has 0 saturated heterocycles. The highest BCUT2D eigenvalue weighted by molar-refractivity contribution is 7.92. The summed E-state index contributed by atoms with van der Waals surface area (Å²) in [6.07, 6.45) is -6.12. The van der Waals surface area contributed by atoms with Gasteiger partial charge in [0.2, 0.25) is 0 Å². The van der Waals surface area contributed by atoms with E-state index in [0.717, 1.165) is 18.6 Å². The van der Waals surface area contributed by atoms with E-state index < -0.39 is 40.7 Å². The number of alkyl halides is 3. The number of carbonyl (C=O) groups excluding carboxylic acids is 2. The fraction of sp³-hybridized carbons (Fsp3) is 0.300. The Bertz CT molecular complexity index is 1070. The summed E-state index contributed by atoms with van der Waals surface area (Å²) in [5.74, 6) is -2.19. The number of hydrogen-bond acceptors (Lipinski definition) is 5. The summed E-state index contributed by atoms with van der Waals surface area (Å²) in [7, 11) is -4.04. The van der Waals surface area contributed by atoms with Crippen LogP contribution >= 0.6 is 0 Å². The van der Waals surface area contributed by atoms with Crippen molar-refractivity contribution >= 4 is 27.6 Å². The lowest BCUT2D eigenvalue weighted by molar-refractivity contribution is -0.143. The van der Waals surface area contributed by atoms with E-state index in [4.69, 9.17) is 4.74 Å². The molecule has 1 amide bonds. The molecule has 0 saturated carbocycles. The maximum absolute atomic E-state index is 12.8. The second-order valence-electron chi connectivity index (χ2n) is 6.83. The molecular formula is C20H21F3N2O5S. The number of hydrogen-bond donors (Lipinski definition) is 2. The zero-order valence-electron chi connectivity index (χ0n) is 16.9. The van der Waals surface area contributed by atoms with Crippen molar-refractivity contribution < 1.29 is 35.9 Å². The first-order valence-corrected chi connectivity index (χ1v) is 10.5. The normalized spacial score (nSPS) is 12.7. The Morgan fingerprint density at radius 3 is 2.26 bits per heavy atom. The lowest BCUT2D eigenvalue weighted by atomic mass is 10.1. The molecule has 7 nitrogen and oxygen atoms in total. The molecule has 0 fully saturated rings. The van der Waals surface area contributed by atoms with Crippen molar-refractivity contribution in [2.45, 2.75) is 37.9 Å². The van der Waals surface area contributed by atoms with Crippen LogP contribution in [-0.4, -0.2) is 39.1 Å². The molecule has 2 aromatic rings. The van der Waals surface area contributed by atoms with Crippen LogP contribution in [0.2, 0.25) is 0 Å². The zero-order chi connectivity index (χ0) is 23.4. The highest BCUT2D eigenvalue weighted by Gasteiger charge is 2.30. The summed E-state index contributed by atoms with van der Waals surface area (Å²) >= 11 is 0. The van der Waals surface area contributed by atoms with E-state index in [2.05, 4.69) is 4.72 Å². The highest BCUT2D eigenvalue weighted by Crippen LogP contribution is 2.22. The van der Waals surface area contributed by atoms with Crippen molar-refractivity contribution in [2.75, 3.05) is 11.3 Å². The smallest absolute Gasteiger partial charge is 0.405 e. The van der Waals surface area contributed by atoms with Gasteiger partial charge in [-0.15, -0.1) is 0 Å². The van der Waals surface area contributed by atoms with Gasteiger partial charge in [-0.05, 0) is 50.6 Å². The number of aryl methyl sites for hydroxylation is 2. The van der Waals surface area contributed by atoms with Crippen LogP contribution in [0.3, 0.4) is 0 Å². The number of sulfonamides is 1. The van der Waals surface area contributed by atoms with Crippen molar-refractivity contribution in [3.63, 3.8) is 0 Å². The Kier molecular flexibility index (Phi) is 7.32. The van der Waals surface area contributed by atoms with Gasteiger partial charge in [0.25, 0.3) is 15.9 Å². The maximum Gasteiger partial charge on any atom is 0.405 e. The molecule has 0 radical (unpaired) electrons. The standard InChI is InChI=1S/C20H21F3N2O5S/c1-12-4-8-16(9-5-12)25-31(28,29)17-10-15(7-6-13(17)2)19(27)30-14(3)18(26)24-11-20(21,22)23/h4-10,14,25H,11H2,1-3H3,(H,24,26). The molecule has 0 spiro atoms. The molecule has 2 N–H and O–H groups in total. The molecule has 11 heteroatoms. The number of carbonyl (C=O) groups is 2. The number of amides is 1. The molecular weight excluding hydrogens is 437 g/mol. The first-order valence-electron chi connectivity index (χ1n) is 9.04. The van der Waals surface area contributed by atoms with Gasteiger partial charge >= 0.3 is 12.1 Å². The Morgan fingerprint density at radius 2 is 1.68 bits per heavy atom. The van der Waals surface area contributed by atoms with Crippen molar-refractivity contribution in [3.8, 4) is 0 Å². The molecule has 0 heterocycles. The predicted octanol–water partition coefficient (Wildman–Crippen LogP) is 3.33. The molecule has 2 aromatic carbocycles. The van der Waals surface area contributed by atoms with Gasteiger partial charge in [0.1, 0.15) is 6.54 Å². The van der Waals surface area contributed by atoms with Gasteiger partial charge in [0.05, 0.1) is 10.5 Å². The number of esters is 1. The van der Waals surface area contributed by atoms with Crippen molar-refractivity contribution in [2.24, 2.45) is 0 Å². The first kappa shape index (κ1) is 24.2. The van der Waals surface area contributed by atoms with E-state index in [1.165, 1.54) is 19.1 Å². The minimum absolute atomic E-state index is 0.176. The Labute approximate surface area is 177 Å². The highest BCUT2D eigenvalue weighted by atomic mass is 32.2. The monoisotopic (exact) mass is 458 g/mol. The number of ether oxygens (including phenoxy) is 1. The van der Waals surface area contributed by atoms with Crippen LogP contribution in [0.5, 0.6) is 0 Å². The molecule has 0 aliphatic carbocycles. The van der Waals surface area contributed by atoms with E-state index in [1.54, 1.807) is 29.6 Å². The Hall–Kier alpha value is -3.08. The van der Waals surface area contributed by atoms with Crippen LogP contribution in [0, 0.1) is 13.8 Å². The molecule has 0 aliphatic rings. The van der Waals surface area contributed by atoms with Crippen LogP contribution < -0.4 is 10.0 Å². The average molecular weight is 458 g/mol. The maximum atomic E-state index is 12.8. The largest absolute Gasteiger partial charge is 0.449 e. The second kappa shape index (κ2) is 9.38. The third-order valence-corrected chi connectivity index (χ3v) is 5.66. The molecule has 1 unspecified atom stereocenters. The number of rotatable bonds is 7. The number of benzene rings is 2. The van der Waals surface area contributed by atoms with Crippen LogP contribution in [0.25, 0.3) is 0 Å². The van der Waals surface area contributed by atoms with Crippen LogP contribution in [0.1, 0.15) is 28.4 Å². The summed E-state index contributed by atoms with van der Waals surface area (Å²) in [6.45, 7) is 2.92. The van der Waals surface area contributed by atoms with Gasteiger partial charge < -0.3 is 10.1 Å². The quantitative estimate of drug-likeness (QED) is 0.620. The van der Waals surface area contributed by atoms with Crippen LogP contribution in [0.15, 0.2) is 47.4 Å². The molecule has 1 atom stereocenters.